The summed E-state index contributed by atoms with van der Waals surface area (Å²) in [6.45, 7) is 18.8. The lowest BCUT2D eigenvalue weighted by Gasteiger charge is -2.34. The maximum Gasteiger partial charge on any atom is 0.225 e. The van der Waals surface area contributed by atoms with Crippen LogP contribution in [0.1, 0.15) is 61.8 Å². The van der Waals surface area contributed by atoms with E-state index in [9.17, 15) is 4.79 Å². The maximum atomic E-state index is 12.3. The van der Waals surface area contributed by atoms with Gasteiger partial charge in [0.25, 0.3) is 0 Å². The van der Waals surface area contributed by atoms with Gasteiger partial charge in [-0.25, -0.2) is 0 Å². The normalized spacial score (nSPS) is 13.0. The highest BCUT2D eigenvalue weighted by molar-refractivity contribution is 5.81. The zero-order chi connectivity index (χ0) is 16.7. The summed E-state index contributed by atoms with van der Waals surface area (Å²) in [5.41, 5.74) is -0.292. The molecule has 21 heavy (non-hydrogen) atoms. The fourth-order valence-corrected chi connectivity index (χ4v) is 2.52. The molecule has 0 aliphatic heterocycles. The molecule has 0 aromatic heterocycles. The first kappa shape index (κ1) is 20.4. The van der Waals surface area contributed by atoms with Gasteiger partial charge in [0.2, 0.25) is 5.91 Å². The number of ether oxygens (including phenoxy) is 1. The Morgan fingerprint density at radius 1 is 1.10 bits per heavy atom. The lowest BCUT2D eigenvalue weighted by molar-refractivity contribution is -0.131. The van der Waals surface area contributed by atoms with Crippen molar-refractivity contribution >= 4 is 5.91 Å². The third kappa shape index (κ3) is 9.86. The Hall–Kier alpha value is -0.610. The highest BCUT2D eigenvalue weighted by Gasteiger charge is 2.34. The quantitative estimate of drug-likeness (QED) is 0.610. The molecule has 0 aromatic rings. The van der Waals surface area contributed by atoms with Gasteiger partial charge in [-0.3, -0.25) is 4.79 Å². The smallest absolute Gasteiger partial charge is 0.225 e. The van der Waals surface area contributed by atoms with Gasteiger partial charge in [0.05, 0.1) is 12.7 Å². The molecule has 4 nitrogen and oxygen atoms in total. The predicted octanol–water partition coefficient (Wildman–Crippen LogP) is 2.97. The lowest BCUT2D eigenvalue weighted by atomic mass is 9.74. The SMILES string of the molecule is CC(C)NCC(C)(C)CC(C)(C)C(=O)NCCOC(C)C. The van der Waals surface area contributed by atoms with Crippen LogP contribution >= 0.6 is 0 Å². The molecular formula is C17H36N2O2. The van der Waals surface area contributed by atoms with Crippen molar-refractivity contribution in [1.82, 2.24) is 10.6 Å². The summed E-state index contributed by atoms with van der Waals surface area (Å²) in [5, 5.41) is 6.44. The number of hydrogen-bond donors (Lipinski definition) is 2. The molecule has 0 spiro atoms. The fraction of sp³-hybridized carbons (Fsp3) is 0.941. The van der Waals surface area contributed by atoms with Crippen LogP contribution < -0.4 is 10.6 Å². The number of carbonyl (C=O) groups is 1. The van der Waals surface area contributed by atoms with Gasteiger partial charge in [-0.2, -0.15) is 0 Å². The van der Waals surface area contributed by atoms with Crippen LogP contribution in [0, 0.1) is 10.8 Å². The molecule has 0 radical (unpaired) electrons. The van der Waals surface area contributed by atoms with Crippen molar-refractivity contribution in [2.75, 3.05) is 19.7 Å². The molecule has 0 atom stereocenters. The van der Waals surface area contributed by atoms with E-state index in [2.05, 4.69) is 38.3 Å². The molecule has 0 unspecified atom stereocenters. The minimum Gasteiger partial charge on any atom is -0.377 e. The van der Waals surface area contributed by atoms with Gasteiger partial charge >= 0.3 is 0 Å². The summed E-state index contributed by atoms with van der Waals surface area (Å²) < 4.78 is 5.45. The topological polar surface area (TPSA) is 50.4 Å². The average molecular weight is 300 g/mol. The Balaban J connectivity index is 4.28. The molecule has 0 saturated carbocycles. The summed E-state index contributed by atoms with van der Waals surface area (Å²) in [4.78, 5) is 12.3. The summed E-state index contributed by atoms with van der Waals surface area (Å²) in [6.07, 6.45) is 1.05. The molecule has 0 bridgehead atoms. The highest BCUT2D eigenvalue weighted by Crippen LogP contribution is 2.33. The molecular weight excluding hydrogens is 264 g/mol. The molecule has 4 heteroatoms. The first-order valence-electron chi connectivity index (χ1n) is 8.09. The molecule has 0 aliphatic rings. The van der Waals surface area contributed by atoms with Gasteiger partial charge in [-0.05, 0) is 25.7 Å². The Bertz CT molecular complexity index is 310. The van der Waals surface area contributed by atoms with E-state index in [1.807, 2.05) is 27.7 Å². The zero-order valence-corrected chi connectivity index (χ0v) is 15.3. The number of amides is 1. The van der Waals surface area contributed by atoms with Crippen LogP contribution in [0.2, 0.25) is 0 Å². The average Bonchev–Trinajstić information content (AvgIpc) is 2.30. The molecule has 1 amide bonds. The van der Waals surface area contributed by atoms with Gasteiger partial charge in [0.15, 0.2) is 0 Å². The van der Waals surface area contributed by atoms with Gasteiger partial charge in [-0.1, -0.05) is 41.5 Å². The number of hydrogen-bond acceptors (Lipinski definition) is 3. The molecule has 0 aliphatic carbocycles. The highest BCUT2D eigenvalue weighted by atomic mass is 16.5. The monoisotopic (exact) mass is 300 g/mol. The molecule has 0 fully saturated rings. The van der Waals surface area contributed by atoms with Crippen molar-refractivity contribution in [3.05, 3.63) is 0 Å². The molecule has 0 aromatic carbocycles. The van der Waals surface area contributed by atoms with Crippen LogP contribution in [-0.4, -0.2) is 37.7 Å². The van der Waals surface area contributed by atoms with Gasteiger partial charge in [-0.15, -0.1) is 0 Å². The van der Waals surface area contributed by atoms with Crippen LogP contribution in [0.5, 0.6) is 0 Å². The minimum atomic E-state index is -0.375. The fourth-order valence-electron chi connectivity index (χ4n) is 2.52. The van der Waals surface area contributed by atoms with E-state index >= 15 is 0 Å². The van der Waals surface area contributed by atoms with E-state index in [0.29, 0.717) is 19.2 Å². The van der Waals surface area contributed by atoms with Crippen LogP contribution in [0.15, 0.2) is 0 Å². The maximum absolute atomic E-state index is 12.3. The number of rotatable bonds is 10. The van der Waals surface area contributed by atoms with E-state index in [-0.39, 0.29) is 22.8 Å². The van der Waals surface area contributed by atoms with Crippen molar-refractivity contribution in [1.29, 1.82) is 0 Å². The van der Waals surface area contributed by atoms with Crippen molar-refractivity contribution in [2.45, 2.75) is 74.0 Å². The molecule has 0 rings (SSSR count). The minimum absolute atomic E-state index is 0.0829. The first-order chi connectivity index (χ1) is 9.46. The van der Waals surface area contributed by atoms with E-state index in [1.165, 1.54) is 0 Å². The Labute approximate surface area is 131 Å². The van der Waals surface area contributed by atoms with E-state index in [1.54, 1.807) is 0 Å². The van der Waals surface area contributed by atoms with Crippen LogP contribution in [-0.2, 0) is 9.53 Å². The molecule has 2 N–H and O–H groups in total. The molecule has 126 valence electrons. The Morgan fingerprint density at radius 3 is 2.14 bits per heavy atom. The predicted molar refractivity (Wildman–Crippen MR) is 89.4 cm³/mol. The lowest BCUT2D eigenvalue weighted by Crippen LogP contribution is -2.43. The summed E-state index contributed by atoms with van der Waals surface area (Å²) in [7, 11) is 0. The standard InChI is InChI=1S/C17H36N2O2/c1-13(2)19-12-16(5,6)11-17(7,8)15(20)18-9-10-21-14(3)4/h13-14,19H,9-12H2,1-8H3,(H,18,20). The summed E-state index contributed by atoms with van der Waals surface area (Å²) >= 11 is 0. The van der Waals surface area contributed by atoms with Gasteiger partial charge in [0.1, 0.15) is 0 Å². The van der Waals surface area contributed by atoms with Crippen molar-refractivity contribution < 1.29 is 9.53 Å². The Morgan fingerprint density at radius 2 is 1.67 bits per heavy atom. The van der Waals surface area contributed by atoms with Crippen molar-refractivity contribution in [2.24, 2.45) is 10.8 Å². The summed E-state index contributed by atoms with van der Waals surface area (Å²) in [5.74, 6) is 0.104. The summed E-state index contributed by atoms with van der Waals surface area (Å²) in [6, 6.07) is 0.467. The van der Waals surface area contributed by atoms with E-state index in [0.717, 1.165) is 13.0 Å². The number of carbonyl (C=O) groups excluding carboxylic acids is 1. The zero-order valence-electron chi connectivity index (χ0n) is 15.3. The molecule has 0 saturated heterocycles. The number of nitrogens with one attached hydrogen (secondary N) is 2. The third-order valence-corrected chi connectivity index (χ3v) is 3.36. The molecule has 0 heterocycles. The van der Waals surface area contributed by atoms with Crippen LogP contribution in [0.3, 0.4) is 0 Å². The third-order valence-electron chi connectivity index (χ3n) is 3.36. The second kappa shape index (κ2) is 8.74. The first-order valence-corrected chi connectivity index (χ1v) is 8.09. The van der Waals surface area contributed by atoms with Crippen molar-refractivity contribution in [3.8, 4) is 0 Å². The van der Waals surface area contributed by atoms with E-state index in [4.69, 9.17) is 4.74 Å². The van der Waals surface area contributed by atoms with Gasteiger partial charge in [0, 0.05) is 24.5 Å². The second-order valence-electron chi connectivity index (χ2n) is 7.94. The Kier molecular flexibility index (Phi) is 8.49. The largest absolute Gasteiger partial charge is 0.377 e. The van der Waals surface area contributed by atoms with Gasteiger partial charge < -0.3 is 15.4 Å². The van der Waals surface area contributed by atoms with Crippen molar-refractivity contribution in [3.63, 3.8) is 0 Å². The van der Waals surface area contributed by atoms with Crippen LogP contribution in [0.4, 0.5) is 0 Å². The second-order valence-corrected chi connectivity index (χ2v) is 7.94. The van der Waals surface area contributed by atoms with E-state index < -0.39 is 0 Å². The van der Waals surface area contributed by atoms with Crippen LogP contribution in [0.25, 0.3) is 0 Å².